The van der Waals surface area contributed by atoms with Crippen molar-refractivity contribution < 1.29 is 9.53 Å². The minimum Gasteiger partial charge on any atom is -0.497 e. The predicted molar refractivity (Wildman–Crippen MR) is 83.9 cm³/mol. The van der Waals surface area contributed by atoms with Crippen LogP contribution in [0, 0.1) is 5.92 Å². The van der Waals surface area contributed by atoms with Crippen LogP contribution >= 0.6 is 11.6 Å². The van der Waals surface area contributed by atoms with Gasteiger partial charge in [0.2, 0.25) is 5.91 Å². The Morgan fingerprint density at radius 2 is 2.19 bits per heavy atom. The number of hydrogen-bond donors (Lipinski definition) is 2. The van der Waals surface area contributed by atoms with Crippen LogP contribution in [0.1, 0.15) is 32.1 Å². The summed E-state index contributed by atoms with van der Waals surface area (Å²) >= 11 is 6.17. The largest absolute Gasteiger partial charge is 0.497 e. The summed E-state index contributed by atoms with van der Waals surface area (Å²) in [4.78, 5) is 12.4. The molecule has 0 aromatic heterocycles. The zero-order valence-electron chi connectivity index (χ0n) is 12.2. The van der Waals surface area contributed by atoms with Crippen LogP contribution < -0.4 is 15.4 Å². The lowest BCUT2D eigenvalue weighted by molar-refractivity contribution is -0.117. The Hall–Kier alpha value is -1.26. The molecule has 1 aliphatic carbocycles. The summed E-state index contributed by atoms with van der Waals surface area (Å²) in [6.07, 6.45) is 5.93. The maximum Gasteiger partial charge on any atom is 0.241 e. The summed E-state index contributed by atoms with van der Waals surface area (Å²) in [6, 6.07) is 5.70. The lowest BCUT2D eigenvalue weighted by Gasteiger charge is -2.24. The smallest absolute Gasteiger partial charge is 0.241 e. The average Bonchev–Trinajstić information content (AvgIpc) is 2.93. The van der Waals surface area contributed by atoms with Crippen LogP contribution in [0.15, 0.2) is 18.2 Å². The molecule has 0 radical (unpaired) electrons. The highest BCUT2D eigenvalue weighted by molar-refractivity contribution is 6.33. The van der Waals surface area contributed by atoms with Crippen LogP contribution in [-0.2, 0) is 4.79 Å². The van der Waals surface area contributed by atoms with E-state index in [0.29, 0.717) is 28.4 Å². The van der Waals surface area contributed by atoms with E-state index in [0.717, 1.165) is 6.42 Å². The van der Waals surface area contributed by atoms with Gasteiger partial charge in [0.15, 0.2) is 0 Å². The Kier molecular flexibility index (Phi) is 4.36. The quantitative estimate of drug-likeness (QED) is 0.901. The maximum atomic E-state index is 12.4. The fourth-order valence-corrected chi connectivity index (χ4v) is 3.68. The van der Waals surface area contributed by atoms with Crippen molar-refractivity contribution in [2.45, 2.75) is 44.2 Å². The number of amides is 1. The first-order valence-corrected chi connectivity index (χ1v) is 7.95. The number of nitrogens with one attached hydrogen (secondary N) is 2. The molecule has 2 fully saturated rings. The summed E-state index contributed by atoms with van der Waals surface area (Å²) in [5.41, 5.74) is 0.638. The molecule has 0 spiro atoms. The van der Waals surface area contributed by atoms with Gasteiger partial charge in [0, 0.05) is 12.1 Å². The highest BCUT2D eigenvalue weighted by Gasteiger charge is 2.38. The van der Waals surface area contributed by atoms with Gasteiger partial charge in [0.25, 0.3) is 0 Å². The molecule has 0 bridgehead atoms. The van der Waals surface area contributed by atoms with Gasteiger partial charge in [-0.25, -0.2) is 0 Å². The van der Waals surface area contributed by atoms with Crippen molar-refractivity contribution in [2.24, 2.45) is 5.92 Å². The van der Waals surface area contributed by atoms with Crippen molar-refractivity contribution in [1.82, 2.24) is 5.32 Å². The monoisotopic (exact) mass is 308 g/mol. The number of carbonyl (C=O) groups excluding carboxylic acids is 1. The van der Waals surface area contributed by atoms with Crippen LogP contribution in [0.2, 0.25) is 5.02 Å². The van der Waals surface area contributed by atoms with Crippen molar-refractivity contribution in [3.8, 4) is 5.75 Å². The van der Waals surface area contributed by atoms with E-state index in [1.807, 2.05) is 0 Å². The molecule has 21 heavy (non-hydrogen) atoms. The van der Waals surface area contributed by atoms with E-state index in [4.69, 9.17) is 16.3 Å². The van der Waals surface area contributed by atoms with Crippen LogP contribution in [0.5, 0.6) is 5.75 Å². The highest BCUT2D eigenvalue weighted by atomic mass is 35.5. The molecule has 1 aromatic carbocycles. The molecule has 1 heterocycles. The lowest BCUT2D eigenvalue weighted by atomic mass is 9.85. The zero-order valence-corrected chi connectivity index (χ0v) is 13.0. The van der Waals surface area contributed by atoms with Crippen LogP contribution in [-0.4, -0.2) is 25.1 Å². The molecule has 1 amide bonds. The molecule has 1 aliphatic heterocycles. The first-order valence-electron chi connectivity index (χ1n) is 7.58. The summed E-state index contributed by atoms with van der Waals surface area (Å²) in [5.74, 6) is 1.35. The van der Waals surface area contributed by atoms with Crippen molar-refractivity contribution in [1.29, 1.82) is 0 Å². The van der Waals surface area contributed by atoms with Crippen molar-refractivity contribution in [3.63, 3.8) is 0 Å². The van der Waals surface area contributed by atoms with Gasteiger partial charge in [0.05, 0.1) is 23.9 Å². The van der Waals surface area contributed by atoms with Crippen LogP contribution in [0.4, 0.5) is 5.69 Å². The summed E-state index contributed by atoms with van der Waals surface area (Å²) < 4.78 is 5.11. The molecule has 2 N–H and O–H groups in total. The fraction of sp³-hybridized carbons (Fsp3) is 0.562. The SMILES string of the molecule is COc1ccc(NC(=O)[C@@H]2C[C@H]3CCCC[C@@H]3N2)c(Cl)c1. The molecular formula is C16H21ClN2O2. The summed E-state index contributed by atoms with van der Waals surface area (Å²) in [6.45, 7) is 0. The van der Waals surface area contributed by atoms with Crippen molar-refractivity contribution in [2.75, 3.05) is 12.4 Å². The minimum atomic E-state index is -0.101. The number of halogens is 1. The van der Waals surface area contributed by atoms with E-state index in [-0.39, 0.29) is 11.9 Å². The Morgan fingerprint density at radius 1 is 1.38 bits per heavy atom. The number of methoxy groups -OCH3 is 1. The zero-order chi connectivity index (χ0) is 14.8. The highest BCUT2D eigenvalue weighted by Crippen LogP contribution is 2.34. The third-order valence-corrected chi connectivity index (χ3v) is 4.93. The van der Waals surface area contributed by atoms with E-state index >= 15 is 0 Å². The molecule has 114 valence electrons. The van der Waals surface area contributed by atoms with E-state index in [9.17, 15) is 4.79 Å². The second kappa shape index (κ2) is 6.24. The number of fused-ring (bicyclic) bond motifs is 1. The lowest BCUT2D eigenvalue weighted by Crippen LogP contribution is -2.39. The number of rotatable bonds is 3. The normalized spacial score (nSPS) is 28.0. The number of ether oxygens (including phenoxy) is 1. The van der Waals surface area contributed by atoms with Gasteiger partial charge >= 0.3 is 0 Å². The average molecular weight is 309 g/mol. The Bertz CT molecular complexity index is 521. The molecule has 1 saturated carbocycles. The second-order valence-electron chi connectivity index (χ2n) is 5.94. The van der Waals surface area contributed by atoms with Gasteiger partial charge < -0.3 is 15.4 Å². The number of benzene rings is 1. The third kappa shape index (κ3) is 3.16. The number of carbonyl (C=O) groups is 1. The van der Waals surface area contributed by atoms with E-state index in [2.05, 4.69) is 10.6 Å². The van der Waals surface area contributed by atoms with E-state index in [1.54, 1.807) is 25.3 Å². The standard InChI is InChI=1S/C16H21ClN2O2/c1-21-11-6-7-14(12(17)9-11)19-16(20)15-8-10-4-2-3-5-13(10)18-15/h6-7,9-10,13,15,18H,2-5,8H2,1H3,(H,19,20)/t10-,13+,15+/m1/s1. The summed E-state index contributed by atoms with van der Waals surface area (Å²) in [5, 5.41) is 6.90. The predicted octanol–water partition coefficient (Wildman–Crippen LogP) is 3.21. The molecule has 4 nitrogen and oxygen atoms in total. The minimum absolute atomic E-state index is 0.0106. The molecule has 1 aromatic rings. The Morgan fingerprint density at radius 3 is 2.90 bits per heavy atom. The third-order valence-electron chi connectivity index (χ3n) is 4.61. The fourth-order valence-electron chi connectivity index (χ4n) is 3.47. The van der Waals surface area contributed by atoms with Gasteiger partial charge in [-0.2, -0.15) is 0 Å². The van der Waals surface area contributed by atoms with Gasteiger partial charge in [-0.15, -0.1) is 0 Å². The van der Waals surface area contributed by atoms with Gasteiger partial charge in [-0.05, 0) is 37.3 Å². The molecule has 3 atom stereocenters. The van der Waals surface area contributed by atoms with Gasteiger partial charge in [-0.1, -0.05) is 24.4 Å². The van der Waals surface area contributed by atoms with Gasteiger partial charge in [-0.3, -0.25) is 4.79 Å². The molecule has 5 heteroatoms. The maximum absolute atomic E-state index is 12.4. The van der Waals surface area contributed by atoms with E-state index < -0.39 is 0 Å². The molecule has 2 aliphatic rings. The number of hydrogen-bond acceptors (Lipinski definition) is 3. The van der Waals surface area contributed by atoms with E-state index in [1.165, 1.54) is 25.7 Å². The van der Waals surface area contributed by atoms with Gasteiger partial charge in [0.1, 0.15) is 5.75 Å². The first kappa shape index (κ1) is 14.7. The van der Waals surface area contributed by atoms with Crippen LogP contribution in [0.25, 0.3) is 0 Å². The van der Waals surface area contributed by atoms with Crippen LogP contribution in [0.3, 0.4) is 0 Å². The molecule has 1 saturated heterocycles. The number of anilines is 1. The molecule has 0 unspecified atom stereocenters. The van der Waals surface area contributed by atoms with Crippen molar-refractivity contribution in [3.05, 3.63) is 23.2 Å². The topological polar surface area (TPSA) is 50.4 Å². The Labute approximate surface area is 130 Å². The molecule has 3 rings (SSSR count). The Balaban J connectivity index is 1.64. The second-order valence-corrected chi connectivity index (χ2v) is 6.35. The summed E-state index contributed by atoms with van der Waals surface area (Å²) in [7, 11) is 1.59. The first-order chi connectivity index (χ1) is 10.2. The van der Waals surface area contributed by atoms with Crippen molar-refractivity contribution >= 4 is 23.2 Å². The molecular weight excluding hydrogens is 288 g/mol.